The Morgan fingerprint density at radius 2 is 2.06 bits per heavy atom. The quantitative estimate of drug-likeness (QED) is 0.905. The fourth-order valence-corrected chi connectivity index (χ4v) is 1.36. The molecule has 0 aliphatic carbocycles. The van der Waals surface area contributed by atoms with Crippen molar-refractivity contribution in [3.8, 4) is 0 Å². The Balaban J connectivity index is 2.83. The van der Waals surface area contributed by atoms with Crippen LogP contribution < -0.4 is 5.32 Å². The molecule has 1 rings (SSSR count). The summed E-state index contributed by atoms with van der Waals surface area (Å²) in [5.41, 5.74) is -0.801. The van der Waals surface area contributed by atoms with E-state index in [4.69, 9.17) is 0 Å². The summed E-state index contributed by atoms with van der Waals surface area (Å²) >= 11 is 0. The van der Waals surface area contributed by atoms with Gasteiger partial charge in [-0.25, -0.2) is 4.98 Å². The fraction of sp³-hybridized carbons (Fsp3) is 0.455. The van der Waals surface area contributed by atoms with Crippen LogP contribution in [-0.2, 0) is 11.0 Å². The molecule has 100 valence electrons. The van der Waals surface area contributed by atoms with Gasteiger partial charge >= 0.3 is 6.18 Å². The van der Waals surface area contributed by atoms with Gasteiger partial charge in [0.15, 0.2) is 0 Å². The highest BCUT2D eigenvalue weighted by atomic mass is 19.4. The number of alkyl halides is 3. The van der Waals surface area contributed by atoms with Crippen molar-refractivity contribution in [1.29, 1.82) is 0 Å². The second-order valence-electron chi connectivity index (χ2n) is 4.03. The number of nitrogens with one attached hydrogen (secondary N) is 1. The van der Waals surface area contributed by atoms with E-state index in [2.05, 4.69) is 10.3 Å². The zero-order chi connectivity index (χ0) is 13.9. The van der Waals surface area contributed by atoms with Crippen LogP contribution in [0.3, 0.4) is 0 Å². The lowest BCUT2D eigenvalue weighted by molar-refractivity contribution is -0.137. The summed E-state index contributed by atoms with van der Waals surface area (Å²) in [5, 5.41) is 2.63. The molecule has 1 N–H and O–H groups in total. The van der Waals surface area contributed by atoms with E-state index in [1.54, 1.807) is 21.0 Å². The van der Waals surface area contributed by atoms with Gasteiger partial charge in [0.25, 0.3) is 0 Å². The van der Waals surface area contributed by atoms with Gasteiger partial charge < -0.3 is 10.2 Å². The minimum Gasteiger partial charge on any atom is -0.359 e. The number of amides is 1. The number of halogens is 3. The molecular formula is C11H14F3N3O. The molecule has 0 aliphatic rings. The van der Waals surface area contributed by atoms with Crippen molar-refractivity contribution in [3.05, 3.63) is 23.9 Å². The molecular weight excluding hydrogens is 247 g/mol. The predicted molar refractivity (Wildman–Crippen MR) is 61.0 cm³/mol. The summed E-state index contributed by atoms with van der Waals surface area (Å²) in [6.45, 7) is 1.56. The lowest BCUT2D eigenvalue weighted by Gasteiger charge is -2.18. The molecule has 18 heavy (non-hydrogen) atoms. The molecule has 1 aromatic rings. The lowest BCUT2D eigenvalue weighted by Crippen LogP contribution is -2.36. The summed E-state index contributed by atoms with van der Waals surface area (Å²) in [6, 6.07) is 1.11. The molecule has 0 aromatic carbocycles. The van der Waals surface area contributed by atoms with E-state index in [-0.39, 0.29) is 11.7 Å². The Morgan fingerprint density at radius 3 is 2.56 bits per heavy atom. The van der Waals surface area contributed by atoms with E-state index in [0.717, 1.165) is 18.3 Å². The molecule has 0 fully saturated rings. The van der Waals surface area contributed by atoms with E-state index in [9.17, 15) is 18.0 Å². The fourth-order valence-electron chi connectivity index (χ4n) is 1.36. The van der Waals surface area contributed by atoms with Crippen LogP contribution in [0.15, 0.2) is 18.3 Å². The summed E-state index contributed by atoms with van der Waals surface area (Å²) in [4.78, 5) is 16.6. The van der Waals surface area contributed by atoms with Crippen LogP contribution in [0, 0.1) is 0 Å². The molecule has 0 spiro atoms. The minimum atomic E-state index is -4.42. The second-order valence-corrected chi connectivity index (χ2v) is 4.03. The Bertz CT molecular complexity index is 432. The van der Waals surface area contributed by atoms with Crippen LogP contribution in [-0.4, -0.2) is 35.9 Å². The molecule has 1 amide bonds. The average molecular weight is 261 g/mol. The molecule has 0 saturated heterocycles. The van der Waals surface area contributed by atoms with Crippen LogP contribution in [0.5, 0.6) is 0 Å². The maximum atomic E-state index is 12.5. The number of hydrogen-bond acceptors (Lipinski definition) is 3. The molecule has 0 aliphatic heterocycles. The highest BCUT2D eigenvalue weighted by Gasteiger charge is 2.31. The van der Waals surface area contributed by atoms with Crippen molar-refractivity contribution in [2.24, 2.45) is 0 Å². The molecule has 1 aromatic heterocycles. The third-order valence-electron chi connectivity index (χ3n) is 2.26. The minimum absolute atomic E-state index is 0.0209. The predicted octanol–water partition coefficient (Wildman–Crippen LogP) is 1.99. The maximum Gasteiger partial charge on any atom is 0.416 e. The molecule has 4 nitrogen and oxygen atoms in total. The van der Waals surface area contributed by atoms with Crippen LogP contribution in [0.2, 0.25) is 0 Å². The van der Waals surface area contributed by atoms with E-state index in [0.29, 0.717) is 0 Å². The first kappa shape index (κ1) is 14.3. The Labute approximate surface area is 103 Å². The van der Waals surface area contributed by atoms with Gasteiger partial charge in [0, 0.05) is 20.3 Å². The van der Waals surface area contributed by atoms with Gasteiger partial charge in [-0.1, -0.05) is 0 Å². The highest BCUT2D eigenvalue weighted by Crippen LogP contribution is 2.29. The van der Waals surface area contributed by atoms with Gasteiger partial charge in [0.05, 0.1) is 5.56 Å². The standard InChI is InChI=1S/C11H14F3N3O/c1-7(10(18)17(2)3)16-9-6-8(4-5-15-9)11(12,13)14/h4-7H,1-3H3,(H,15,16). The summed E-state index contributed by atoms with van der Waals surface area (Å²) in [5.74, 6) is -0.221. The van der Waals surface area contributed by atoms with Crippen molar-refractivity contribution in [2.75, 3.05) is 19.4 Å². The number of pyridine rings is 1. The van der Waals surface area contributed by atoms with E-state index in [1.165, 1.54) is 4.90 Å². The van der Waals surface area contributed by atoms with Crippen molar-refractivity contribution in [3.63, 3.8) is 0 Å². The van der Waals surface area contributed by atoms with Gasteiger partial charge in [-0.2, -0.15) is 13.2 Å². The van der Waals surface area contributed by atoms with Crippen LogP contribution in [0.1, 0.15) is 12.5 Å². The first-order valence-corrected chi connectivity index (χ1v) is 5.22. The largest absolute Gasteiger partial charge is 0.416 e. The third-order valence-corrected chi connectivity index (χ3v) is 2.26. The second kappa shape index (κ2) is 5.24. The van der Waals surface area contributed by atoms with E-state index >= 15 is 0 Å². The van der Waals surface area contributed by atoms with Crippen LogP contribution in [0.25, 0.3) is 0 Å². The monoisotopic (exact) mass is 261 g/mol. The van der Waals surface area contributed by atoms with Crippen molar-refractivity contribution in [2.45, 2.75) is 19.1 Å². The number of rotatable bonds is 3. The molecule has 0 saturated carbocycles. The Kier molecular flexibility index (Phi) is 4.15. The molecule has 1 heterocycles. The SMILES string of the molecule is CC(Nc1cc(C(F)(F)F)ccn1)C(=O)N(C)C. The van der Waals surface area contributed by atoms with Crippen molar-refractivity contribution < 1.29 is 18.0 Å². The summed E-state index contributed by atoms with van der Waals surface area (Å²) < 4.78 is 37.4. The van der Waals surface area contributed by atoms with E-state index < -0.39 is 17.8 Å². The molecule has 1 atom stereocenters. The first-order chi connectivity index (χ1) is 8.21. The maximum absolute atomic E-state index is 12.5. The number of nitrogens with zero attached hydrogens (tertiary/aromatic N) is 2. The molecule has 0 radical (unpaired) electrons. The van der Waals surface area contributed by atoms with Crippen LogP contribution in [0.4, 0.5) is 19.0 Å². The first-order valence-electron chi connectivity index (χ1n) is 5.22. The van der Waals surface area contributed by atoms with E-state index in [1.807, 2.05) is 0 Å². The normalized spacial score (nSPS) is 13.0. The molecule has 7 heteroatoms. The van der Waals surface area contributed by atoms with Crippen LogP contribution >= 0.6 is 0 Å². The third kappa shape index (κ3) is 3.61. The average Bonchev–Trinajstić information content (AvgIpc) is 2.27. The number of aromatic nitrogens is 1. The number of carbonyl (C=O) groups is 1. The number of carbonyl (C=O) groups excluding carboxylic acids is 1. The smallest absolute Gasteiger partial charge is 0.359 e. The summed E-state index contributed by atoms with van der Waals surface area (Å²) in [6.07, 6.45) is -3.37. The van der Waals surface area contributed by atoms with Gasteiger partial charge in [-0.3, -0.25) is 4.79 Å². The summed E-state index contributed by atoms with van der Waals surface area (Å²) in [7, 11) is 3.14. The number of likely N-dealkylation sites (N-methyl/N-ethyl adjacent to an activating group) is 1. The van der Waals surface area contributed by atoms with Gasteiger partial charge in [-0.05, 0) is 19.1 Å². The zero-order valence-electron chi connectivity index (χ0n) is 10.2. The topological polar surface area (TPSA) is 45.2 Å². The molecule has 0 bridgehead atoms. The Morgan fingerprint density at radius 1 is 1.44 bits per heavy atom. The van der Waals surface area contributed by atoms with Gasteiger partial charge in [0.1, 0.15) is 11.9 Å². The zero-order valence-corrected chi connectivity index (χ0v) is 10.2. The van der Waals surface area contributed by atoms with Gasteiger partial charge in [0.2, 0.25) is 5.91 Å². The Hall–Kier alpha value is -1.79. The van der Waals surface area contributed by atoms with Crippen molar-refractivity contribution >= 4 is 11.7 Å². The lowest BCUT2D eigenvalue weighted by atomic mass is 10.2. The van der Waals surface area contributed by atoms with Crippen molar-refractivity contribution in [1.82, 2.24) is 9.88 Å². The number of hydrogen-bond donors (Lipinski definition) is 1. The number of anilines is 1. The molecule has 1 unspecified atom stereocenters. The highest BCUT2D eigenvalue weighted by molar-refractivity contribution is 5.83. The van der Waals surface area contributed by atoms with Gasteiger partial charge in [-0.15, -0.1) is 0 Å².